The van der Waals surface area contributed by atoms with Crippen molar-refractivity contribution in [2.45, 2.75) is 0 Å². The van der Waals surface area contributed by atoms with E-state index in [1.807, 2.05) is 12.1 Å². The fourth-order valence-electron chi connectivity index (χ4n) is 6.65. The SMILES string of the molecule is c1ccc(-c2cc(-c3ccc4ccc5ccc6ccccc6c5c4c3)cc(-c3cccc4oc5ncccc5c34)c2)cc1. The van der Waals surface area contributed by atoms with E-state index in [2.05, 4.69) is 138 Å². The van der Waals surface area contributed by atoms with E-state index in [0.717, 1.165) is 27.5 Å². The van der Waals surface area contributed by atoms with Crippen molar-refractivity contribution in [3.63, 3.8) is 0 Å². The maximum absolute atomic E-state index is 6.16. The summed E-state index contributed by atoms with van der Waals surface area (Å²) in [6.07, 6.45) is 1.78. The number of aromatic nitrogens is 1. The minimum Gasteiger partial charge on any atom is -0.438 e. The van der Waals surface area contributed by atoms with E-state index in [1.165, 1.54) is 54.6 Å². The Morgan fingerprint density at radius 1 is 0.395 bits per heavy atom. The van der Waals surface area contributed by atoms with Crippen LogP contribution in [0.5, 0.6) is 0 Å². The Morgan fingerprint density at radius 2 is 1.09 bits per heavy atom. The number of hydrogen-bond donors (Lipinski definition) is 0. The summed E-state index contributed by atoms with van der Waals surface area (Å²) in [6.45, 7) is 0. The van der Waals surface area contributed by atoms with Gasteiger partial charge in [-0.3, -0.25) is 0 Å². The third-order valence-corrected chi connectivity index (χ3v) is 8.68. The molecule has 0 saturated heterocycles. The average molecular weight is 548 g/mol. The number of pyridine rings is 1. The second-order valence-electron chi connectivity index (χ2n) is 11.2. The summed E-state index contributed by atoms with van der Waals surface area (Å²) in [5, 5.41) is 9.75. The zero-order valence-corrected chi connectivity index (χ0v) is 23.3. The van der Waals surface area contributed by atoms with Gasteiger partial charge in [0.1, 0.15) is 5.58 Å². The molecule has 0 saturated carbocycles. The molecule has 9 aromatic rings. The molecule has 0 aliphatic rings. The normalized spacial score (nSPS) is 11.7. The van der Waals surface area contributed by atoms with Crippen LogP contribution in [0.25, 0.3) is 87.8 Å². The molecule has 2 heteroatoms. The summed E-state index contributed by atoms with van der Waals surface area (Å²) in [5.41, 5.74) is 8.54. The van der Waals surface area contributed by atoms with Crippen LogP contribution in [0.15, 0.2) is 156 Å². The van der Waals surface area contributed by atoms with Gasteiger partial charge in [0.15, 0.2) is 0 Å². The van der Waals surface area contributed by atoms with E-state index in [4.69, 9.17) is 4.42 Å². The van der Waals surface area contributed by atoms with Gasteiger partial charge in [-0.25, -0.2) is 4.98 Å². The smallest absolute Gasteiger partial charge is 0.227 e. The molecule has 2 nitrogen and oxygen atoms in total. The molecule has 0 spiro atoms. The van der Waals surface area contributed by atoms with Crippen LogP contribution in [-0.4, -0.2) is 4.98 Å². The van der Waals surface area contributed by atoms with Crippen molar-refractivity contribution >= 4 is 54.4 Å². The molecule has 7 aromatic carbocycles. The third-order valence-electron chi connectivity index (χ3n) is 8.68. The largest absolute Gasteiger partial charge is 0.438 e. The second-order valence-corrected chi connectivity index (χ2v) is 11.2. The van der Waals surface area contributed by atoms with Crippen LogP contribution in [0.4, 0.5) is 0 Å². The minimum absolute atomic E-state index is 0.665. The predicted octanol–water partition coefficient (Wildman–Crippen LogP) is 11.4. The molecular formula is C41H25NO. The Hall–Kier alpha value is -5.73. The van der Waals surface area contributed by atoms with Crippen LogP contribution < -0.4 is 0 Å². The van der Waals surface area contributed by atoms with Gasteiger partial charge in [-0.1, -0.05) is 103 Å². The molecule has 0 aliphatic heterocycles. The van der Waals surface area contributed by atoms with Crippen LogP contribution in [0.3, 0.4) is 0 Å². The van der Waals surface area contributed by atoms with Crippen LogP contribution >= 0.6 is 0 Å². The zero-order valence-electron chi connectivity index (χ0n) is 23.3. The van der Waals surface area contributed by atoms with Crippen molar-refractivity contribution in [2.24, 2.45) is 0 Å². The summed E-state index contributed by atoms with van der Waals surface area (Å²) in [7, 11) is 0. The first-order valence-corrected chi connectivity index (χ1v) is 14.6. The molecule has 0 atom stereocenters. The molecule has 0 amide bonds. The van der Waals surface area contributed by atoms with Crippen molar-refractivity contribution in [1.82, 2.24) is 4.98 Å². The lowest BCUT2D eigenvalue weighted by molar-refractivity contribution is 0.654. The van der Waals surface area contributed by atoms with Crippen molar-refractivity contribution < 1.29 is 4.42 Å². The monoisotopic (exact) mass is 547 g/mol. The molecule has 9 rings (SSSR count). The van der Waals surface area contributed by atoms with E-state index >= 15 is 0 Å². The van der Waals surface area contributed by atoms with Crippen molar-refractivity contribution in [3.8, 4) is 33.4 Å². The zero-order chi connectivity index (χ0) is 28.3. The molecule has 2 aromatic heterocycles. The number of benzene rings is 7. The Morgan fingerprint density at radius 3 is 1.98 bits per heavy atom. The van der Waals surface area contributed by atoms with Crippen LogP contribution in [0.2, 0.25) is 0 Å². The van der Waals surface area contributed by atoms with Crippen molar-refractivity contribution in [1.29, 1.82) is 0 Å². The second kappa shape index (κ2) is 9.40. The lowest BCUT2D eigenvalue weighted by atomic mass is 9.90. The highest BCUT2D eigenvalue weighted by atomic mass is 16.3. The standard InChI is InChI=1S/C41H25NO/c1-2-8-26(9-3-1)31-22-32(24-33(23-31)35-12-6-14-38-40(35)36-13-7-21-42-41(36)43-38)30-20-17-28-16-19-29-18-15-27-10-4-5-11-34(27)39(29)37(28)25-30/h1-25H. The lowest BCUT2D eigenvalue weighted by Crippen LogP contribution is -1.88. The molecule has 0 bridgehead atoms. The van der Waals surface area contributed by atoms with E-state index in [0.29, 0.717) is 5.71 Å². The van der Waals surface area contributed by atoms with Gasteiger partial charge in [-0.15, -0.1) is 0 Å². The predicted molar refractivity (Wildman–Crippen MR) is 180 cm³/mol. The van der Waals surface area contributed by atoms with E-state index in [-0.39, 0.29) is 0 Å². The number of furan rings is 1. The highest BCUT2D eigenvalue weighted by molar-refractivity contribution is 6.20. The molecule has 0 radical (unpaired) electrons. The van der Waals surface area contributed by atoms with E-state index in [9.17, 15) is 0 Å². The highest BCUT2D eigenvalue weighted by Crippen LogP contribution is 2.40. The van der Waals surface area contributed by atoms with Crippen molar-refractivity contribution in [2.75, 3.05) is 0 Å². The van der Waals surface area contributed by atoms with Gasteiger partial charge < -0.3 is 4.42 Å². The maximum Gasteiger partial charge on any atom is 0.227 e. The average Bonchev–Trinajstić information content (AvgIpc) is 3.47. The molecule has 0 aliphatic carbocycles. The molecule has 200 valence electrons. The molecule has 0 unspecified atom stereocenters. The van der Waals surface area contributed by atoms with Gasteiger partial charge in [0.2, 0.25) is 5.71 Å². The molecule has 0 fully saturated rings. The molecular weight excluding hydrogens is 522 g/mol. The summed E-state index contributed by atoms with van der Waals surface area (Å²) in [4.78, 5) is 4.49. The number of fused-ring (bicyclic) bond motifs is 8. The van der Waals surface area contributed by atoms with Gasteiger partial charge in [-0.05, 0) is 108 Å². The molecule has 0 N–H and O–H groups in total. The van der Waals surface area contributed by atoms with Crippen molar-refractivity contribution in [3.05, 3.63) is 152 Å². The lowest BCUT2D eigenvalue weighted by Gasteiger charge is -2.14. The summed E-state index contributed by atoms with van der Waals surface area (Å²) >= 11 is 0. The van der Waals surface area contributed by atoms with E-state index in [1.54, 1.807) is 6.20 Å². The van der Waals surface area contributed by atoms with Gasteiger partial charge in [0, 0.05) is 17.0 Å². The fraction of sp³-hybridized carbons (Fsp3) is 0. The Labute approximate surface area is 248 Å². The molecule has 43 heavy (non-hydrogen) atoms. The summed E-state index contributed by atoms with van der Waals surface area (Å²) in [5.74, 6) is 0. The van der Waals surface area contributed by atoms with Crippen LogP contribution in [0.1, 0.15) is 0 Å². The van der Waals surface area contributed by atoms with Crippen LogP contribution in [0, 0.1) is 0 Å². The first kappa shape index (κ1) is 23.9. The van der Waals surface area contributed by atoms with Crippen LogP contribution in [-0.2, 0) is 0 Å². The summed E-state index contributed by atoms with van der Waals surface area (Å²) < 4.78 is 6.16. The van der Waals surface area contributed by atoms with Gasteiger partial charge >= 0.3 is 0 Å². The Bertz CT molecular complexity index is 2500. The molecule has 2 heterocycles. The third kappa shape index (κ3) is 3.84. The van der Waals surface area contributed by atoms with E-state index < -0.39 is 0 Å². The minimum atomic E-state index is 0.665. The Balaban J connectivity index is 1.33. The number of nitrogens with zero attached hydrogens (tertiary/aromatic N) is 1. The number of rotatable bonds is 3. The van der Waals surface area contributed by atoms with Gasteiger partial charge in [0.25, 0.3) is 0 Å². The highest BCUT2D eigenvalue weighted by Gasteiger charge is 2.15. The quantitative estimate of drug-likeness (QED) is 0.206. The topological polar surface area (TPSA) is 26.0 Å². The maximum atomic E-state index is 6.16. The van der Waals surface area contributed by atoms with Gasteiger partial charge in [-0.2, -0.15) is 0 Å². The first-order valence-electron chi connectivity index (χ1n) is 14.6. The fourth-order valence-corrected chi connectivity index (χ4v) is 6.65. The number of hydrogen-bond acceptors (Lipinski definition) is 2. The first-order chi connectivity index (χ1) is 21.3. The van der Waals surface area contributed by atoms with Gasteiger partial charge in [0.05, 0.1) is 0 Å². The Kier molecular flexibility index (Phi) is 5.23. The summed E-state index contributed by atoms with van der Waals surface area (Å²) in [6, 6.07) is 52.4.